The monoisotopic (exact) mass is 300 g/mol. The number of ether oxygens (including phenoxy) is 1. The Balaban J connectivity index is 1.60. The summed E-state index contributed by atoms with van der Waals surface area (Å²) >= 11 is 5.63. The first-order valence-corrected chi connectivity index (χ1v) is 7.11. The number of carbonyl (C=O) groups is 1. The minimum Gasteiger partial charge on any atom is -0.381 e. The molecule has 0 atom stereocenters. The zero-order valence-corrected chi connectivity index (χ0v) is 11.9. The number of anilines is 1. The van der Waals surface area contributed by atoms with Gasteiger partial charge < -0.3 is 15.4 Å². The van der Waals surface area contributed by atoms with Crippen LogP contribution in [-0.4, -0.2) is 25.8 Å². The Kier molecular flexibility index (Phi) is 5.61. The Morgan fingerprint density at radius 1 is 1.45 bits per heavy atom. The fourth-order valence-electron chi connectivity index (χ4n) is 1.68. The lowest BCUT2D eigenvalue weighted by molar-refractivity contribution is 0.122. The Bertz CT molecular complexity index is 466. The molecule has 1 fully saturated rings. The zero-order valence-electron chi connectivity index (χ0n) is 11.1. The van der Waals surface area contributed by atoms with Gasteiger partial charge in [0.05, 0.1) is 10.7 Å². The zero-order chi connectivity index (χ0) is 14.4. The van der Waals surface area contributed by atoms with Crippen molar-refractivity contribution < 1.29 is 13.9 Å². The van der Waals surface area contributed by atoms with Crippen molar-refractivity contribution in [3.05, 3.63) is 29.0 Å². The molecule has 0 unspecified atom stereocenters. The molecular weight excluding hydrogens is 283 g/mol. The third-order valence-corrected chi connectivity index (χ3v) is 3.29. The molecule has 0 saturated heterocycles. The summed E-state index contributed by atoms with van der Waals surface area (Å²) in [5, 5.41) is 5.04. The lowest BCUT2D eigenvalue weighted by Gasteiger charge is -2.09. The van der Waals surface area contributed by atoms with Crippen molar-refractivity contribution in [2.75, 3.05) is 25.1 Å². The van der Waals surface area contributed by atoms with Crippen LogP contribution in [0, 0.1) is 11.7 Å². The Morgan fingerprint density at radius 2 is 2.25 bits per heavy atom. The molecule has 20 heavy (non-hydrogen) atoms. The molecular formula is C14H18ClFN2O2. The maximum atomic E-state index is 13.5. The van der Waals surface area contributed by atoms with Crippen LogP contribution < -0.4 is 10.6 Å². The number of urea groups is 1. The number of hydrogen-bond donors (Lipinski definition) is 2. The van der Waals surface area contributed by atoms with Crippen molar-refractivity contribution in [1.82, 2.24) is 5.32 Å². The molecule has 0 aromatic heterocycles. The van der Waals surface area contributed by atoms with Gasteiger partial charge in [-0.15, -0.1) is 0 Å². The van der Waals surface area contributed by atoms with E-state index in [4.69, 9.17) is 16.3 Å². The van der Waals surface area contributed by atoms with E-state index < -0.39 is 11.8 Å². The predicted molar refractivity (Wildman–Crippen MR) is 76.6 cm³/mol. The molecule has 2 rings (SSSR count). The Hall–Kier alpha value is -1.33. The van der Waals surface area contributed by atoms with Crippen molar-refractivity contribution in [1.29, 1.82) is 0 Å². The molecule has 4 nitrogen and oxygen atoms in total. The fourth-order valence-corrected chi connectivity index (χ4v) is 1.85. The average Bonchev–Trinajstić information content (AvgIpc) is 3.23. The van der Waals surface area contributed by atoms with Gasteiger partial charge in [-0.2, -0.15) is 0 Å². The second-order valence-electron chi connectivity index (χ2n) is 4.85. The summed E-state index contributed by atoms with van der Waals surface area (Å²) in [6, 6.07) is 4.01. The van der Waals surface area contributed by atoms with Gasteiger partial charge in [0, 0.05) is 19.8 Å². The molecule has 1 aromatic carbocycles. The van der Waals surface area contributed by atoms with E-state index in [1.54, 1.807) is 6.07 Å². The van der Waals surface area contributed by atoms with Gasteiger partial charge in [-0.05, 0) is 37.3 Å². The van der Waals surface area contributed by atoms with E-state index in [0.717, 1.165) is 18.9 Å². The standard InChI is InChI=1S/C14H18ClFN2O2/c15-11-3-1-4-12(13(11)16)18-14(19)17-7-2-8-20-9-10-5-6-10/h1,3-4,10H,2,5-9H2,(H2,17,18,19). The molecule has 0 aliphatic heterocycles. The number of benzene rings is 1. The first kappa shape index (κ1) is 15.1. The Labute approximate surface area is 122 Å². The van der Waals surface area contributed by atoms with Crippen LogP contribution >= 0.6 is 11.6 Å². The van der Waals surface area contributed by atoms with Gasteiger partial charge in [0.25, 0.3) is 0 Å². The van der Waals surface area contributed by atoms with Crippen LogP contribution in [0.4, 0.5) is 14.9 Å². The van der Waals surface area contributed by atoms with Gasteiger partial charge in [0.1, 0.15) is 0 Å². The van der Waals surface area contributed by atoms with E-state index in [9.17, 15) is 9.18 Å². The van der Waals surface area contributed by atoms with Crippen molar-refractivity contribution >= 4 is 23.3 Å². The minimum atomic E-state index is -0.628. The summed E-state index contributed by atoms with van der Waals surface area (Å²) in [5.41, 5.74) is 0.0694. The fraction of sp³-hybridized carbons (Fsp3) is 0.500. The van der Waals surface area contributed by atoms with Gasteiger partial charge in [-0.25, -0.2) is 9.18 Å². The minimum absolute atomic E-state index is 0.0173. The van der Waals surface area contributed by atoms with Crippen molar-refractivity contribution in [3.63, 3.8) is 0 Å². The molecule has 0 radical (unpaired) electrons. The largest absolute Gasteiger partial charge is 0.381 e. The molecule has 1 saturated carbocycles. The second kappa shape index (κ2) is 7.45. The van der Waals surface area contributed by atoms with Crippen LogP contribution in [0.15, 0.2) is 18.2 Å². The molecule has 0 bridgehead atoms. The number of amides is 2. The maximum absolute atomic E-state index is 13.5. The van der Waals surface area contributed by atoms with Crippen LogP contribution in [0.25, 0.3) is 0 Å². The molecule has 1 aromatic rings. The summed E-state index contributed by atoms with van der Waals surface area (Å²) in [6.45, 7) is 1.93. The quantitative estimate of drug-likeness (QED) is 0.758. The third-order valence-electron chi connectivity index (χ3n) is 3.00. The normalized spacial score (nSPS) is 14.1. The summed E-state index contributed by atoms with van der Waals surface area (Å²) in [7, 11) is 0. The molecule has 6 heteroatoms. The second-order valence-corrected chi connectivity index (χ2v) is 5.26. The highest BCUT2D eigenvalue weighted by Crippen LogP contribution is 2.28. The number of hydrogen-bond acceptors (Lipinski definition) is 2. The van der Waals surface area contributed by atoms with Crippen LogP contribution in [0.5, 0.6) is 0 Å². The first-order chi connectivity index (χ1) is 9.66. The van der Waals surface area contributed by atoms with E-state index >= 15 is 0 Å². The van der Waals surface area contributed by atoms with E-state index in [1.165, 1.54) is 25.0 Å². The van der Waals surface area contributed by atoms with Crippen molar-refractivity contribution in [2.45, 2.75) is 19.3 Å². The number of nitrogens with one attached hydrogen (secondary N) is 2. The Morgan fingerprint density at radius 3 is 3.00 bits per heavy atom. The molecule has 0 spiro atoms. The number of rotatable bonds is 7. The van der Waals surface area contributed by atoms with Gasteiger partial charge >= 0.3 is 6.03 Å². The van der Waals surface area contributed by atoms with Crippen LogP contribution in [0.2, 0.25) is 5.02 Å². The van der Waals surface area contributed by atoms with Gasteiger partial charge in [-0.3, -0.25) is 0 Å². The van der Waals surface area contributed by atoms with Crippen LogP contribution in [-0.2, 0) is 4.74 Å². The van der Waals surface area contributed by atoms with Crippen molar-refractivity contribution in [2.24, 2.45) is 5.92 Å². The number of carbonyl (C=O) groups excluding carboxylic acids is 1. The summed E-state index contributed by atoms with van der Waals surface area (Å²) < 4.78 is 19.0. The molecule has 1 aliphatic rings. The first-order valence-electron chi connectivity index (χ1n) is 6.73. The number of halogens is 2. The van der Waals surface area contributed by atoms with Gasteiger partial charge in [0.2, 0.25) is 0 Å². The summed E-state index contributed by atoms with van der Waals surface area (Å²) in [5.74, 6) is 0.120. The van der Waals surface area contributed by atoms with Crippen LogP contribution in [0.1, 0.15) is 19.3 Å². The van der Waals surface area contributed by atoms with Gasteiger partial charge in [0.15, 0.2) is 5.82 Å². The molecule has 2 amide bonds. The smallest absolute Gasteiger partial charge is 0.319 e. The van der Waals surface area contributed by atoms with Gasteiger partial charge in [-0.1, -0.05) is 17.7 Å². The van der Waals surface area contributed by atoms with E-state index in [1.807, 2.05) is 0 Å². The molecule has 0 heterocycles. The lowest BCUT2D eigenvalue weighted by atomic mass is 10.3. The topological polar surface area (TPSA) is 50.4 Å². The summed E-state index contributed by atoms with van der Waals surface area (Å²) in [4.78, 5) is 11.6. The van der Waals surface area contributed by atoms with E-state index in [0.29, 0.717) is 13.2 Å². The van der Waals surface area contributed by atoms with E-state index in [-0.39, 0.29) is 10.7 Å². The highest BCUT2D eigenvalue weighted by Gasteiger charge is 2.20. The molecule has 2 N–H and O–H groups in total. The highest BCUT2D eigenvalue weighted by atomic mass is 35.5. The molecule has 1 aliphatic carbocycles. The lowest BCUT2D eigenvalue weighted by Crippen LogP contribution is -2.30. The van der Waals surface area contributed by atoms with E-state index in [2.05, 4.69) is 10.6 Å². The SMILES string of the molecule is O=C(NCCCOCC1CC1)Nc1cccc(Cl)c1F. The third kappa shape index (κ3) is 4.98. The van der Waals surface area contributed by atoms with Crippen molar-refractivity contribution in [3.8, 4) is 0 Å². The molecule has 110 valence electrons. The van der Waals surface area contributed by atoms with Crippen LogP contribution in [0.3, 0.4) is 0 Å². The average molecular weight is 301 g/mol. The highest BCUT2D eigenvalue weighted by molar-refractivity contribution is 6.31. The summed E-state index contributed by atoms with van der Waals surface area (Å²) in [6.07, 6.45) is 3.27. The predicted octanol–water partition coefficient (Wildman–Crippen LogP) is 3.42. The maximum Gasteiger partial charge on any atom is 0.319 e.